The lowest BCUT2D eigenvalue weighted by Crippen LogP contribution is -1.80. The minimum atomic E-state index is 0.522. The number of benzene rings is 1. The summed E-state index contributed by atoms with van der Waals surface area (Å²) in [5.74, 6) is 0.522. The van der Waals surface area contributed by atoms with Crippen LogP contribution in [-0.4, -0.2) is 10.2 Å². The van der Waals surface area contributed by atoms with Crippen molar-refractivity contribution in [3.8, 4) is 11.5 Å². The van der Waals surface area contributed by atoms with Gasteiger partial charge in [0.1, 0.15) is 0 Å². The maximum absolute atomic E-state index is 5.91. The van der Waals surface area contributed by atoms with Crippen LogP contribution >= 0.6 is 34.2 Å². The molecule has 14 heavy (non-hydrogen) atoms. The van der Waals surface area contributed by atoms with Gasteiger partial charge in [-0.25, -0.2) is 0 Å². The summed E-state index contributed by atoms with van der Waals surface area (Å²) in [6.07, 6.45) is 0. The Kier molecular flexibility index (Phi) is 2.73. The van der Waals surface area contributed by atoms with Crippen LogP contribution in [0.1, 0.15) is 5.56 Å². The van der Waals surface area contributed by atoms with Gasteiger partial charge in [-0.1, -0.05) is 11.6 Å². The number of nitrogens with zero attached hydrogens (tertiary/aromatic N) is 2. The molecular weight excluding hydrogens is 314 g/mol. The molecule has 0 unspecified atom stereocenters. The highest BCUT2D eigenvalue weighted by molar-refractivity contribution is 14.1. The number of hydrogen-bond acceptors (Lipinski definition) is 3. The highest BCUT2D eigenvalue weighted by atomic mass is 127. The maximum Gasteiger partial charge on any atom is 0.278 e. The molecule has 5 heteroatoms. The Hall–Kier alpha value is -0.620. The molecule has 0 aliphatic rings. The van der Waals surface area contributed by atoms with Crippen LogP contribution in [0.3, 0.4) is 0 Å². The van der Waals surface area contributed by atoms with Crippen molar-refractivity contribution in [3.63, 3.8) is 0 Å². The second kappa shape index (κ2) is 3.86. The standard InChI is InChI=1S/C9H6ClIN2O/c1-5-4-6(2-3-7(5)10)8-12-13-9(11)14-8/h2-4H,1H3. The molecule has 72 valence electrons. The van der Waals surface area contributed by atoms with E-state index in [0.29, 0.717) is 9.79 Å². The summed E-state index contributed by atoms with van der Waals surface area (Å²) in [5.41, 5.74) is 1.89. The van der Waals surface area contributed by atoms with E-state index in [0.717, 1.165) is 16.1 Å². The molecule has 0 spiro atoms. The molecule has 0 saturated carbocycles. The normalized spacial score (nSPS) is 10.5. The molecule has 1 aromatic heterocycles. The Balaban J connectivity index is 2.47. The molecule has 0 bridgehead atoms. The fourth-order valence-corrected chi connectivity index (χ4v) is 1.53. The molecule has 0 atom stereocenters. The molecule has 2 aromatic rings. The largest absolute Gasteiger partial charge is 0.412 e. The Morgan fingerprint density at radius 1 is 1.36 bits per heavy atom. The van der Waals surface area contributed by atoms with Gasteiger partial charge in [0.15, 0.2) is 0 Å². The maximum atomic E-state index is 5.91. The lowest BCUT2D eigenvalue weighted by atomic mass is 10.1. The van der Waals surface area contributed by atoms with Crippen molar-refractivity contribution >= 4 is 34.2 Å². The Morgan fingerprint density at radius 3 is 2.71 bits per heavy atom. The van der Waals surface area contributed by atoms with E-state index in [9.17, 15) is 0 Å². The lowest BCUT2D eigenvalue weighted by molar-refractivity contribution is 0.537. The molecular formula is C9H6ClIN2O. The molecule has 1 heterocycles. The van der Waals surface area contributed by atoms with E-state index in [1.54, 1.807) is 0 Å². The Bertz CT molecular complexity index is 470. The van der Waals surface area contributed by atoms with Crippen LogP contribution in [0.15, 0.2) is 22.6 Å². The van der Waals surface area contributed by atoms with E-state index in [1.807, 2.05) is 47.7 Å². The van der Waals surface area contributed by atoms with Crippen LogP contribution in [0.4, 0.5) is 0 Å². The molecule has 0 amide bonds. The summed E-state index contributed by atoms with van der Waals surface area (Å²) >= 11 is 7.88. The first-order chi connectivity index (χ1) is 6.66. The molecule has 1 aromatic carbocycles. The third-order valence-electron chi connectivity index (χ3n) is 1.81. The van der Waals surface area contributed by atoms with Crippen LogP contribution in [0.25, 0.3) is 11.5 Å². The third kappa shape index (κ3) is 1.90. The van der Waals surface area contributed by atoms with Crippen molar-refractivity contribution in [2.75, 3.05) is 0 Å². The van der Waals surface area contributed by atoms with Gasteiger partial charge in [0.2, 0.25) is 5.89 Å². The van der Waals surface area contributed by atoms with E-state index in [1.165, 1.54) is 0 Å². The number of halogens is 2. The first-order valence-corrected chi connectivity index (χ1v) is 5.38. The zero-order valence-electron chi connectivity index (χ0n) is 7.29. The van der Waals surface area contributed by atoms with E-state index < -0.39 is 0 Å². The summed E-state index contributed by atoms with van der Waals surface area (Å²) in [6.45, 7) is 1.94. The minimum Gasteiger partial charge on any atom is -0.412 e. The molecule has 0 saturated heterocycles. The van der Waals surface area contributed by atoms with Crippen molar-refractivity contribution in [3.05, 3.63) is 32.7 Å². The van der Waals surface area contributed by atoms with Crippen molar-refractivity contribution < 1.29 is 4.42 Å². The molecule has 0 aliphatic carbocycles. The van der Waals surface area contributed by atoms with E-state index in [-0.39, 0.29) is 0 Å². The second-order valence-electron chi connectivity index (χ2n) is 2.82. The van der Waals surface area contributed by atoms with Gasteiger partial charge < -0.3 is 4.42 Å². The summed E-state index contributed by atoms with van der Waals surface area (Å²) in [6, 6.07) is 5.61. The Morgan fingerprint density at radius 2 is 2.14 bits per heavy atom. The Labute approximate surface area is 99.6 Å². The summed E-state index contributed by atoms with van der Waals surface area (Å²) < 4.78 is 5.82. The molecule has 3 nitrogen and oxygen atoms in total. The van der Waals surface area contributed by atoms with Crippen molar-refractivity contribution in [2.24, 2.45) is 0 Å². The van der Waals surface area contributed by atoms with E-state index in [2.05, 4.69) is 10.2 Å². The highest BCUT2D eigenvalue weighted by Crippen LogP contribution is 2.23. The monoisotopic (exact) mass is 320 g/mol. The zero-order valence-corrected chi connectivity index (χ0v) is 10.2. The predicted octanol–water partition coefficient (Wildman–Crippen LogP) is 3.30. The molecule has 0 N–H and O–H groups in total. The third-order valence-corrected chi connectivity index (χ3v) is 2.67. The molecule has 0 aliphatic heterocycles. The number of rotatable bonds is 1. The fraction of sp³-hybridized carbons (Fsp3) is 0.111. The van der Waals surface area contributed by atoms with Crippen molar-refractivity contribution in [1.82, 2.24) is 10.2 Å². The highest BCUT2D eigenvalue weighted by Gasteiger charge is 2.07. The van der Waals surface area contributed by atoms with Crippen molar-refractivity contribution in [1.29, 1.82) is 0 Å². The molecule has 2 rings (SSSR count). The van der Waals surface area contributed by atoms with Gasteiger partial charge in [-0.05, 0) is 30.7 Å². The van der Waals surface area contributed by atoms with Gasteiger partial charge in [-0.2, -0.15) is 0 Å². The van der Waals surface area contributed by atoms with Gasteiger partial charge in [-0.15, -0.1) is 10.2 Å². The van der Waals surface area contributed by atoms with Crippen LogP contribution in [0.2, 0.25) is 5.02 Å². The summed E-state index contributed by atoms with van der Waals surface area (Å²) in [4.78, 5) is 0. The van der Waals surface area contributed by atoms with E-state index >= 15 is 0 Å². The number of aromatic nitrogens is 2. The zero-order chi connectivity index (χ0) is 10.1. The first kappa shape index (κ1) is 9.92. The number of hydrogen-bond donors (Lipinski definition) is 0. The van der Waals surface area contributed by atoms with Gasteiger partial charge in [0, 0.05) is 33.2 Å². The van der Waals surface area contributed by atoms with Gasteiger partial charge >= 0.3 is 0 Å². The average molecular weight is 321 g/mol. The summed E-state index contributed by atoms with van der Waals surface area (Å²) in [5, 5.41) is 8.41. The van der Waals surface area contributed by atoms with Crippen LogP contribution in [0, 0.1) is 10.8 Å². The quantitative estimate of drug-likeness (QED) is 0.757. The average Bonchev–Trinajstić information content (AvgIpc) is 2.57. The second-order valence-corrected chi connectivity index (χ2v) is 4.15. The lowest BCUT2D eigenvalue weighted by Gasteiger charge is -1.98. The number of aryl methyl sites for hydroxylation is 1. The predicted molar refractivity (Wildman–Crippen MR) is 62.2 cm³/mol. The van der Waals surface area contributed by atoms with E-state index in [4.69, 9.17) is 16.0 Å². The first-order valence-electron chi connectivity index (χ1n) is 3.92. The fourth-order valence-electron chi connectivity index (χ4n) is 1.10. The topological polar surface area (TPSA) is 38.9 Å². The SMILES string of the molecule is Cc1cc(-c2nnc(I)o2)ccc1Cl. The van der Waals surface area contributed by atoms with Gasteiger partial charge in [-0.3, -0.25) is 0 Å². The summed E-state index contributed by atoms with van der Waals surface area (Å²) in [7, 11) is 0. The minimum absolute atomic E-state index is 0.522. The molecule has 0 radical (unpaired) electrons. The van der Waals surface area contributed by atoms with Crippen LogP contribution in [0.5, 0.6) is 0 Å². The van der Waals surface area contributed by atoms with Crippen LogP contribution < -0.4 is 0 Å². The van der Waals surface area contributed by atoms with Gasteiger partial charge in [0.25, 0.3) is 3.90 Å². The smallest absolute Gasteiger partial charge is 0.278 e. The van der Waals surface area contributed by atoms with Gasteiger partial charge in [0.05, 0.1) is 0 Å². The van der Waals surface area contributed by atoms with Crippen molar-refractivity contribution in [2.45, 2.75) is 6.92 Å². The van der Waals surface area contributed by atoms with Crippen LogP contribution in [-0.2, 0) is 0 Å². The molecule has 0 fully saturated rings.